The molecule has 0 saturated heterocycles. The maximum absolute atomic E-state index is 11.5. The van der Waals surface area contributed by atoms with Crippen molar-refractivity contribution in [3.05, 3.63) is 24.8 Å². The largest absolute Gasteiger partial charge is 0.545 e. The number of carbonyl (C=O) groups is 2. The lowest BCUT2D eigenvalue weighted by Gasteiger charge is -2.13. The highest BCUT2D eigenvalue weighted by Crippen LogP contribution is 2.28. The predicted molar refractivity (Wildman–Crippen MR) is 90.0 cm³/mol. The van der Waals surface area contributed by atoms with Gasteiger partial charge in [-0.05, 0) is 63.7 Å². The smallest absolute Gasteiger partial charge is 0.311 e. The fraction of sp³-hybridized carbons (Fsp3) is 0.273. The van der Waals surface area contributed by atoms with Gasteiger partial charge in [0.05, 0.1) is 9.54 Å². The number of benzene rings is 1. The lowest BCUT2D eigenvalue weighted by atomic mass is 10.2. The number of carboxylic acids is 1. The van der Waals surface area contributed by atoms with Crippen molar-refractivity contribution in [2.75, 3.05) is 4.43 Å². The monoisotopic (exact) mass is 585 g/mol. The van der Waals surface area contributed by atoms with Gasteiger partial charge in [0.1, 0.15) is 0 Å². The molecule has 0 aromatic heterocycles. The number of aromatic carboxylic acids is 1. The molecule has 0 N–H and O–H groups in total. The number of halogens is 3. The molecule has 18 heavy (non-hydrogen) atoms. The third-order valence-corrected chi connectivity index (χ3v) is 4.15. The van der Waals surface area contributed by atoms with Gasteiger partial charge in [-0.1, -0.05) is 22.6 Å². The van der Waals surface area contributed by atoms with Gasteiger partial charge in [-0.3, -0.25) is 4.79 Å². The van der Waals surface area contributed by atoms with E-state index in [0.29, 0.717) is 9.99 Å². The van der Waals surface area contributed by atoms with E-state index < -0.39 is 11.9 Å². The van der Waals surface area contributed by atoms with E-state index in [9.17, 15) is 14.7 Å². The van der Waals surface area contributed by atoms with Crippen LogP contribution in [0.15, 0.2) is 12.1 Å². The van der Waals surface area contributed by atoms with Crippen molar-refractivity contribution in [1.82, 2.24) is 0 Å². The predicted octanol–water partition coefficient (Wildman–Crippen LogP) is 2.38. The Hall–Kier alpha value is 0.350. The molecular formula is C11H8I3O4-. The molecule has 0 atom stereocenters. The van der Waals surface area contributed by atoms with E-state index in [-0.39, 0.29) is 17.7 Å². The van der Waals surface area contributed by atoms with Crippen molar-refractivity contribution in [1.29, 1.82) is 0 Å². The molecule has 0 radical (unpaired) electrons. The van der Waals surface area contributed by atoms with Crippen LogP contribution in [-0.4, -0.2) is 16.4 Å². The molecule has 0 aliphatic heterocycles. The Bertz CT molecular complexity index is 474. The Morgan fingerprint density at radius 1 is 1.28 bits per heavy atom. The summed E-state index contributed by atoms with van der Waals surface area (Å²) in [6.45, 7) is 0. The molecule has 0 saturated carbocycles. The molecule has 98 valence electrons. The maximum atomic E-state index is 11.5. The summed E-state index contributed by atoms with van der Waals surface area (Å²) in [6.07, 6.45) is 0.985. The van der Waals surface area contributed by atoms with Gasteiger partial charge in [-0.15, -0.1) is 0 Å². The third-order valence-electron chi connectivity index (χ3n) is 1.96. The molecule has 0 spiro atoms. The van der Waals surface area contributed by atoms with Gasteiger partial charge in [0.2, 0.25) is 0 Å². The minimum atomic E-state index is -1.34. The summed E-state index contributed by atoms with van der Waals surface area (Å²) >= 11 is 6.11. The number of hydrogen-bond donors (Lipinski definition) is 0. The van der Waals surface area contributed by atoms with Gasteiger partial charge in [0.15, 0.2) is 5.75 Å². The molecule has 1 rings (SSSR count). The third kappa shape index (κ3) is 4.79. The zero-order chi connectivity index (χ0) is 13.7. The van der Waals surface area contributed by atoms with Crippen LogP contribution in [0.5, 0.6) is 5.75 Å². The Labute approximate surface area is 145 Å². The number of carboxylic acid groups (broad SMARTS) is 1. The number of ether oxygens (including phenoxy) is 1. The second-order valence-electron chi connectivity index (χ2n) is 3.32. The van der Waals surface area contributed by atoms with Gasteiger partial charge < -0.3 is 14.6 Å². The zero-order valence-electron chi connectivity index (χ0n) is 9.04. The lowest BCUT2D eigenvalue weighted by molar-refractivity contribution is -0.255. The highest BCUT2D eigenvalue weighted by Gasteiger charge is 2.14. The number of esters is 1. The Morgan fingerprint density at radius 2 is 1.94 bits per heavy atom. The van der Waals surface area contributed by atoms with Crippen molar-refractivity contribution in [3.63, 3.8) is 0 Å². The van der Waals surface area contributed by atoms with E-state index in [4.69, 9.17) is 4.74 Å². The van der Waals surface area contributed by atoms with Crippen LogP contribution in [0.2, 0.25) is 0 Å². The van der Waals surface area contributed by atoms with Crippen molar-refractivity contribution in [2.45, 2.75) is 12.8 Å². The van der Waals surface area contributed by atoms with Crippen LogP contribution in [0.25, 0.3) is 0 Å². The first-order valence-electron chi connectivity index (χ1n) is 4.92. The molecule has 0 amide bonds. The molecule has 0 aliphatic rings. The van der Waals surface area contributed by atoms with Crippen molar-refractivity contribution in [3.8, 4) is 5.75 Å². The molecule has 0 fully saturated rings. The lowest BCUT2D eigenvalue weighted by Crippen LogP contribution is -2.24. The molecule has 0 bridgehead atoms. The normalized spacial score (nSPS) is 10.2. The van der Waals surface area contributed by atoms with Crippen LogP contribution >= 0.6 is 67.8 Å². The van der Waals surface area contributed by atoms with E-state index in [1.54, 1.807) is 6.07 Å². The molecular weight excluding hydrogens is 577 g/mol. The minimum Gasteiger partial charge on any atom is -0.545 e. The average molecular weight is 585 g/mol. The van der Waals surface area contributed by atoms with Gasteiger partial charge in [0.25, 0.3) is 0 Å². The van der Waals surface area contributed by atoms with E-state index in [1.807, 2.05) is 45.2 Å². The SMILES string of the molecule is O=C(CCCI)Oc1c(I)cc(I)cc1C(=O)[O-]. The fourth-order valence-electron chi connectivity index (χ4n) is 1.19. The summed E-state index contributed by atoms with van der Waals surface area (Å²) < 4.78 is 7.31. The first-order valence-corrected chi connectivity index (χ1v) is 8.61. The van der Waals surface area contributed by atoms with Crippen LogP contribution in [0, 0.1) is 7.14 Å². The van der Waals surface area contributed by atoms with Gasteiger partial charge in [0, 0.05) is 20.0 Å². The zero-order valence-corrected chi connectivity index (χ0v) is 15.5. The second kappa shape index (κ2) is 7.82. The summed E-state index contributed by atoms with van der Waals surface area (Å²) in [7, 11) is 0. The number of rotatable bonds is 5. The fourth-order valence-corrected chi connectivity index (χ4v) is 3.53. The van der Waals surface area contributed by atoms with Crippen molar-refractivity contribution < 1.29 is 19.4 Å². The summed E-state index contributed by atoms with van der Waals surface area (Å²) in [5.41, 5.74) is -0.0888. The molecule has 0 aliphatic carbocycles. The molecule has 7 heteroatoms. The summed E-state index contributed by atoms with van der Waals surface area (Å²) in [5, 5.41) is 11.0. The minimum absolute atomic E-state index is 0.0782. The van der Waals surface area contributed by atoms with Crippen molar-refractivity contribution in [2.24, 2.45) is 0 Å². The standard InChI is InChI=1S/C11H9I3O4/c12-3-1-2-9(15)18-10-7(11(16)17)4-6(13)5-8(10)14/h4-5H,1-3H2,(H,16,17)/p-1. The molecule has 1 aromatic rings. The van der Waals surface area contributed by atoms with E-state index in [1.165, 1.54) is 6.07 Å². The van der Waals surface area contributed by atoms with Gasteiger partial charge >= 0.3 is 5.97 Å². The number of carbonyl (C=O) groups excluding carboxylic acids is 2. The quantitative estimate of drug-likeness (QED) is 0.231. The first-order chi connectivity index (χ1) is 8.45. The molecule has 1 aromatic carbocycles. The van der Waals surface area contributed by atoms with Gasteiger partial charge in [-0.2, -0.15) is 0 Å². The van der Waals surface area contributed by atoms with Crippen LogP contribution in [0.1, 0.15) is 23.2 Å². The average Bonchev–Trinajstić information content (AvgIpc) is 2.29. The number of alkyl halides is 1. The highest BCUT2D eigenvalue weighted by atomic mass is 127. The van der Waals surface area contributed by atoms with Crippen LogP contribution < -0.4 is 9.84 Å². The van der Waals surface area contributed by atoms with Crippen LogP contribution in [0.4, 0.5) is 0 Å². The number of hydrogen-bond acceptors (Lipinski definition) is 4. The first kappa shape index (κ1) is 16.4. The van der Waals surface area contributed by atoms with E-state index in [0.717, 1.165) is 8.00 Å². The highest BCUT2D eigenvalue weighted by molar-refractivity contribution is 14.1. The summed E-state index contributed by atoms with van der Waals surface area (Å²) in [5.74, 6) is -1.69. The van der Waals surface area contributed by atoms with Crippen LogP contribution in [0.3, 0.4) is 0 Å². The second-order valence-corrected chi connectivity index (χ2v) is 6.80. The maximum Gasteiger partial charge on any atom is 0.311 e. The van der Waals surface area contributed by atoms with Gasteiger partial charge in [-0.25, -0.2) is 0 Å². The molecule has 4 nitrogen and oxygen atoms in total. The van der Waals surface area contributed by atoms with E-state index in [2.05, 4.69) is 22.6 Å². The van der Waals surface area contributed by atoms with Crippen LogP contribution in [-0.2, 0) is 4.79 Å². The Kier molecular flexibility index (Phi) is 7.13. The topological polar surface area (TPSA) is 66.4 Å². The van der Waals surface area contributed by atoms with E-state index >= 15 is 0 Å². The molecule has 0 heterocycles. The summed E-state index contributed by atoms with van der Waals surface area (Å²) in [4.78, 5) is 22.6. The molecule has 0 unspecified atom stereocenters. The Balaban J connectivity index is 3.00. The Morgan fingerprint density at radius 3 is 2.50 bits per heavy atom. The summed E-state index contributed by atoms with van der Waals surface area (Å²) in [6, 6.07) is 3.17. The van der Waals surface area contributed by atoms with Crippen molar-refractivity contribution >= 4 is 79.7 Å².